The molecule has 2 atom stereocenters. The lowest BCUT2D eigenvalue weighted by Gasteiger charge is -2.27. The fourth-order valence-electron chi connectivity index (χ4n) is 2.57. The first-order valence-corrected chi connectivity index (χ1v) is 8.19. The lowest BCUT2D eigenvalue weighted by atomic mass is 9.97. The van der Waals surface area contributed by atoms with Gasteiger partial charge in [-0.05, 0) is 49.9 Å². The van der Waals surface area contributed by atoms with Crippen molar-refractivity contribution in [3.63, 3.8) is 0 Å². The largest absolute Gasteiger partial charge is 0.381 e. The molecule has 2 nitrogen and oxygen atoms in total. The number of nitrogens with one attached hydrogen (secondary N) is 1. The van der Waals surface area contributed by atoms with Crippen LogP contribution in [-0.4, -0.2) is 25.0 Å². The highest BCUT2D eigenvalue weighted by Crippen LogP contribution is 2.34. The van der Waals surface area contributed by atoms with Crippen LogP contribution in [0.25, 0.3) is 0 Å². The van der Waals surface area contributed by atoms with E-state index >= 15 is 0 Å². The monoisotopic (exact) mass is 279 g/mol. The molecule has 0 aliphatic heterocycles. The molecule has 2 rings (SSSR count). The van der Waals surface area contributed by atoms with Gasteiger partial charge in [0.25, 0.3) is 0 Å². The summed E-state index contributed by atoms with van der Waals surface area (Å²) in [5, 5.41) is 4.08. The molecule has 1 N–H and O–H groups in total. The second kappa shape index (κ2) is 7.93. The summed E-state index contributed by atoms with van der Waals surface area (Å²) in [7, 11) is 1.84. The molecule has 1 aliphatic carbocycles. The molecule has 1 aromatic rings. The Bertz CT molecular complexity index is 366. The number of methoxy groups -OCH3 is 1. The first kappa shape index (κ1) is 14.9. The summed E-state index contributed by atoms with van der Waals surface area (Å²) in [5.41, 5.74) is 1.37. The molecule has 19 heavy (non-hydrogen) atoms. The van der Waals surface area contributed by atoms with Crippen molar-refractivity contribution in [2.24, 2.45) is 0 Å². The number of ether oxygens (including phenoxy) is 1. The predicted octanol–water partition coefficient (Wildman–Crippen LogP) is 3.85. The number of hydrogen-bond acceptors (Lipinski definition) is 3. The molecular formula is C16H25NOS. The fraction of sp³-hybridized carbons (Fsp3) is 0.625. The highest BCUT2D eigenvalue weighted by atomic mass is 32.2. The molecule has 1 aliphatic rings. The minimum Gasteiger partial charge on any atom is -0.381 e. The second-order valence-electron chi connectivity index (χ2n) is 5.19. The summed E-state index contributed by atoms with van der Waals surface area (Å²) in [6.07, 6.45) is 5.52. The molecule has 0 bridgehead atoms. The van der Waals surface area contributed by atoms with Gasteiger partial charge in [-0.3, -0.25) is 0 Å². The van der Waals surface area contributed by atoms with Crippen LogP contribution < -0.4 is 5.32 Å². The van der Waals surface area contributed by atoms with Gasteiger partial charge in [-0.25, -0.2) is 0 Å². The van der Waals surface area contributed by atoms with Crippen LogP contribution >= 0.6 is 11.8 Å². The van der Waals surface area contributed by atoms with E-state index in [4.69, 9.17) is 4.74 Å². The van der Waals surface area contributed by atoms with Gasteiger partial charge >= 0.3 is 0 Å². The van der Waals surface area contributed by atoms with Crippen molar-refractivity contribution < 1.29 is 4.74 Å². The average Bonchev–Trinajstić information content (AvgIpc) is 2.47. The zero-order valence-corrected chi connectivity index (χ0v) is 12.8. The molecule has 1 fully saturated rings. The minimum absolute atomic E-state index is 0.472. The lowest BCUT2D eigenvalue weighted by molar-refractivity contribution is 0.0730. The standard InChI is InChI=1S/C16H25NOS/c1-3-17-12-13-7-9-15(10-8-13)19-16-6-4-5-14(11-16)18-2/h7-10,14,16-17H,3-6,11-12H2,1-2H3. The van der Waals surface area contributed by atoms with Crippen molar-refractivity contribution in [2.75, 3.05) is 13.7 Å². The zero-order valence-electron chi connectivity index (χ0n) is 12.0. The number of rotatable bonds is 6. The molecule has 2 unspecified atom stereocenters. The van der Waals surface area contributed by atoms with Gasteiger partial charge < -0.3 is 10.1 Å². The van der Waals surface area contributed by atoms with E-state index in [0.29, 0.717) is 6.10 Å². The van der Waals surface area contributed by atoms with E-state index in [1.165, 1.54) is 36.1 Å². The zero-order chi connectivity index (χ0) is 13.5. The van der Waals surface area contributed by atoms with Crippen molar-refractivity contribution in [1.29, 1.82) is 0 Å². The van der Waals surface area contributed by atoms with Gasteiger partial charge in [-0.2, -0.15) is 0 Å². The van der Waals surface area contributed by atoms with E-state index in [-0.39, 0.29) is 0 Å². The van der Waals surface area contributed by atoms with Crippen molar-refractivity contribution in [3.05, 3.63) is 29.8 Å². The normalized spacial score (nSPS) is 23.5. The average molecular weight is 279 g/mol. The topological polar surface area (TPSA) is 21.3 Å². The summed E-state index contributed by atoms with van der Waals surface area (Å²) >= 11 is 2.02. The Morgan fingerprint density at radius 2 is 2.05 bits per heavy atom. The quantitative estimate of drug-likeness (QED) is 0.854. The SMILES string of the molecule is CCNCc1ccc(SC2CCCC(OC)C2)cc1. The molecule has 0 radical (unpaired) electrons. The summed E-state index contributed by atoms with van der Waals surface area (Å²) in [5.74, 6) is 0. The Hall–Kier alpha value is -0.510. The Morgan fingerprint density at radius 1 is 1.26 bits per heavy atom. The molecule has 0 aromatic heterocycles. The molecule has 0 saturated heterocycles. The Morgan fingerprint density at radius 3 is 2.74 bits per heavy atom. The van der Waals surface area contributed by atoms with Crippen LogP contribution in [0.1, 0.15) is 38.2 Å². The molecule has 0 spiro atoms. The van der Waals surface area contributed by atoms with Crippen LogP contribution in [0.5, 0.6) is 0 Å². The maximum atomic E-state index is 5.50. The van der Waals surface area contributed by atoms with Crippen molar-refractivity contribution in [2.45, 2.75) is 55.4 Å². The van der Waals surface area contributed by atoms with E-state index in [1.54, 1.807) is 0 Å². The summed E-state index contributed by atoms with van der Waals surface area (Å²) in [6.45, 7) is 4.13. The van der Waals surface area contributed by atoms with E-state index < -0.39 is 0 Å². The first-order chi connectivity index (χ1) is 9.31. The van der Waals surface area contributed by atoms with Gasteiger partial charge in [-0.15, -0.1) is 11.8 Å². The van der Waals surface area contributed by atoms with Crippen LogP contribution in [0.4, 0.5) is 0 Å². The predicted molar refractivity (Wildman–Crippen MR) is 82.7 cm³/mol. The van der Waals surface area contributed by atoms with E-state index in [0.717, 1.165) is 18.3 Å². The maximum Gasteiger partial charge on any atom is 0.0582 e. The molecule has 0 heterocycles. The molecular weight excluding hydrogens is 254 g/mol. The Labute approximate surface area is 121 Å². The third kappa shape index (κ3) is 4.83. The van der Waals surface area contributed by atoms with Gasteiger partial charge in [0.05, 0.1) is 6.10 Å². The summed E-state index contributed by atoms with van der Waals surface area (Å²) < 4.78 is 5.50. The fourth-order valence-corrected chi connectivity index (χ4v) is 3.84. The lowest BCUT2D eigenvalue weighted by Crippen LogP contribution is -2.23. The summed E-state index contributed by atoms with van der Waals surface area (Å²) in [4.78, 5) is 1.39. The van der Waals surface area contributed by atoms with Gasteiger partial charge in [0.15, 0.2) is 0 Å². The third-order valence-electron chi connectivity index (χ3n) is 3.72. The maximum absolute atomic E-state index is 5.50. The second-order valence-corrected chi connectivity index (χ2v) is 6.56. The highest BCUT2D eigenvalue weighted by molar-refractivity contribution is 8.00. The van der Waals surface area contributed by atoms with Crippen LogP contribution in [0.3, 0.4) is 0 Å². The first-order valence-electron chi connectivity index (χ1n) is 7.31. The van der Waals surface area contributed by atoms with E-state index in [9.17, 15) is 0 Å². The molecule has 106 valence electrons. The Balaban J connectivity index is 1.85. The number of thioether (sulfide) groups is 1. The third-order valence-corrected chi connectivity index (χ3v) is 5.02. The minimum atomic E-state index is 0.472. The molecule has 1 saturated carbocycles. The smallest absolute Gasteiger partial charge is 0.0582 e. The van der Waals surface area contributed by atoms with Gasteiger partial charge in [-0.1, -0.05) is 19.1 Å². The van der Waals surface area contributed by atoms with Crippen LogP contribution in [-0.2, 0) is 11.3 Å². The molecule has 0 amide bonds. The van der Waals surface area contributed by atoms with Crippen LogP contribution in [0.2, 0.25) is 0 Å². The van der Waals surface area contributed by atoms with Crippen LogP contribution in [0, 0.1) is 0 Å². The summed E-state index contributed by atoms with van der Waals surface area (Å²) in [6, 6.07) is 8.99. The molecule has 3 heteroatoms. The van der Waals surface area contributed by atoms with Gasteiger partial charge in [0.1, 0.15) is 0 Å². The van der Waals surface area contributed by atoms with Crippen LogP contribution in [0.15, 0.2) is 29.2 Å². The number of hydrogen-bond donors (Lipinski definition) is 1. The van der Waals surface area contributed by atoms with E-state index in [2.05, 4.69) is 36.5 Å². The molecule has 1 aromatic carbocycles. The van der Waals surface area contributed by atoms with Crippen molar-refractivity contribution in [1.82, 2.24) is 5.32 Å². The van der Waals surface area contributed by atoms with Crippen molar-refractivity contribution in [3.8, 4) is 0 Å². The highest BCUT2D eigenvalue weighted by Gasteiger charge is 2.22. The van der Waals surface area contributed by atoms with Crippen molar-refractivity contribution >= 4 is 11.8 Å². The van der Waals surface area contributed by atoms with Gasteiger partial charge in [0.2, 0.25) is 0 Å². The number of benzene rings is 1. The van der Waals surface area contributed by atoms with Gasteiger partial charge in [0, 0.05) is 23.8 Å². The van der Waals surface area contributed by atoms with E-state index in [1.807, 2.05) is 18.9 Å². The Kier molecular flexibility index (Phi) is 6.21.